The molecule has 146 valence electrons. The van der Waals surface area contributed by atoms with E-state index in [4.69, 9.17) is 0 Å². The van der Waals surface area contributed by atoms with E-state index in [1.165, 1.54) is 29.8 Å². The van der Waals surface area contributed by atoms with Crippen molar-refractivity contribution in [3.63, 3.8) is 0 Å². The fourth-order valence-electron chi connectivity index (χ4n) is 3.53. The summed E-state index contributed by atoms with van der Waals surface area (Å²) in [5.41, 5.74) is 5.07. The van der Waals surface area contributed by atoms with Gasteiger partial charge in [-0.05, 0) is 38.2 Å². The largest absolute Gasteiger partial charge is 0.359 e. The summed E-state index contributed by atoms with van der Waals surface area (Å²) in [5.74, 6) is 0.376. The average molecular weight is 398 g/mol. The normalized spacial score (nSPS) is 16.2. The molecule has 3 heterocycles. The van der Waals surface area contributed by atoms with Gasteiger partial charge in [-0.1, -0.05) is 11.6 Å². The van der Waals surface area contributed by atoms with E-state index in [9.17, 15) is 9.59 Å². The first-order valence-electron chi connectivity index (χ1n) is 9.58. The Hall–Kier alpha value is -2.74. The summed E-state index contributed by atoms with van der Waals surface area (Å²) in [6.45, 7) is 1.17. The number of anilines is 2. The van der Waals surface area contributed by atoms with Gasteiger partial charge in [0.25, 0.3) is 5.91 Å². The molecular weight excluding hydrogens is 374 g/mol. The van der Waals surface area contributed by atoms with Crippen LogP contribution in [-0.2, 0) is 11.3 Å². The molecule has 1 aliphatic carbocycles. The Morgan fingerprint density at radius 3 is 3.04 bits per heavy atom. The first-order valence-corrected chi connectivity index (χ1v) is 10.5. The number of hydrogen-bond donors (Lipinski definition) is 2. The van der Waals surface area contributed by atoms with Gasteiger partial charge in [-0.25, -0.2) is 9.97 Å². The van der Waals surface area contributed by atoms with Crippen molar-refractivity contribution >= 4 is 34.7 Å². The number of pyridine rings is 1. The number of aromatic nitrogens is 2. The van der Waals surface area contributed by atoms with E-state index in [1.807, 2.05) is 5.38 Å². The van der Waals surface area contributed by atoms with Crippen molar-refractivity contribution in [2.24, 2.45) is 0 Å². The Balaban J connectivity index is 1.45. The first-order chi connectivity index (χ1) is 13.7. The molecule has 28 heavy (non-hydrogen) atoms. The molecular formula is C20H23N5O2S. The zero-order valence-electron chi connectivity index (χ0n) is 15.6. The highest BCUT2D eigenvalue weighted by atomic mass is 32.1. The quantitative estimate of drug-likeness (QED) is 0.732. The Morgan fingerprint density at radius 2 is 2.25 bits per heavy atom. The van der Waals surface area contributed by atoms with Gasteiger partial charge in [-0.2, -0.15) is 0 Å². The molecule has 0 radical (unpaired) electrons. The second-order valence-electron chi connectivity index (χ2n) is 7.02. The molecule has 2 N–H and O–H groups in total. The van der Waals surface area contributed by atoms with E-state index in [2.05, 4.69) is 26.7 Å². The van der Waals surface area contributed by atoms with Crippen LogP contribution >= 0.6 is 11.3 Å². The van der Waals surface area contributed by atoms with Gasteiger partial charge in [0, 0.05) is 18.1 Å². The van der Waals surface area contributed by atoms with Gasteiger partial charge >= 0.3 is 0 Å². The van der Waals surface area contributed by atoms with Crippen molar-refractivity contribution in [2.75, 3.05) is 23.3 Å². The average Bonchev–Trinajstić information content (AvgIpc) is 3.24. The summed E-state index contributed by atoms with van der Waals surface area (Å²) >= 11 is 1.49. The fourth-order valence-corrected chi connectivity index (χ4v) is 4.08. The lowest BCUT2D eigenvalue weighted by Crippen LogP contribution is -2.40. The Kier molecular flexibility index (Phi) is 5.66. The molecule has 0 fully saturated rings. The second-order valence-corrected chi connectivity index (χ2v) is 7.74. The first kappa shape index (κ1) is 18.6. The molecule has 0 aromatic carbocycles. The lowest BCUT2D eigenvalue weighted by atomic mass is 9.97. The summed E-state index contributed by atoms with van der Waals surface area (Å²) < 4.78 is 0. The van der Waals surface area contributed by atoms with E-state index in [-0.39, 0.29) is 18.4 Å². The van der Waals surface area contributed by atoms with Crippen molar-refractivity contribution in [2.45, 2.75) is 38.6 Å². The van der Waals surface area contributed by atoms with Crippen molar-refractivity contribution in [3.8, 4) is 0 Å². The summed E-state index contributed by atoms with van der Waals surface area (Å²) in [7, 11) is 0. The number of thiazole rings is 1. The number of hydrogen-bond acceptors (Lipinski definition) is 6. The predicted molar refractivity (Wildman–Crippen MR) is 110 cm³/mol. The monoisotopic (exact) mass is 397 g/mol. The van der Waals surface area contributed by atoms with E-state index >= 15 is 0 Å². The van der Waals surface area contributed by atoms with Crippen molar-refractivity contribution in [1.29, 1.82) is 0 Å². The lowest BCUT2D eigenvalue weighted by Gasteiger charge is -2.29. The second kappa shape index (κ2) is 8.52. The van der Waals surface area contributed by atoms with Crippen LogP contribution in [0, 0.1) is 0 Å². The van der Waals surface area contributed by atoms with Crippen molar-refractivity contribution in [1.82, 2.24) is 15.3 Å². The third-order valence-electron chi connectivity index (χ3n) is 5.05. The molecule has 4 rings (SSSR count). The Labute approximate surface area is 167 Å². The van der Waals surface area contributed by atoms with E-state index in [0.717, 1.165) is 25.0 Å². The molecule has 0 spiro atoms. The van der Waals surface area contributed by atoms with Gasteiger partial charge in [-0.3, -0.25) is 9.59 Å². The topological polar surface area (TPSA) is 87.2 Å². The number of carbonyl (C=O) groups excluding carboxylic acids is 2. The highest BCUT2D eigenvalue weighted by Crippen LogP contribution is 2.29. The summed E-state index contributed by atoms with van der Waals surface area (Å²) in [5, 5.41) is 7.90. The van der Waals surface area contributed by atoms with Gasteiger partial charge in [0.2, 0.25) is 5.91 Å². The molecule has 0 bridgehead atoms. The van der Waals surface area contributed by atoms with Crippen molar-refractivity contribution < 1.29 is 9.59 Å². The zero-order valence-corrected chi connectivity index (χ0v) is 16.4. The highest BCUT2D eigenvalue weighted by molar-refractivity contribution is 7.07. The van der Waals surface area contributed by atoms with Gasteiger partial charge in [0.05, 0.1) is 35.5 Å². The number of fused-ring (bicyclic) bond motifs is 1. The molecule has 8 heteroatoms. The maximum Gasteiger partial charge on any atom is 0.252 e. The van der Waals surface area contributed by atoms with E-state index < -0.39 is 0 Å². The van der Waals surface area contributed by atoms with Gasteiger partial charge < -0.3 is 15.5 Å². The number of amides is 2. The van der Waals surface area contributed by atoms with Crippen LogP contribution in [0.5, 0.6) is 0 Å². The van der Waals surface area contributed by atoms with Crippen LogP contribution in [0.15, 0.2) is 34.8 Å². The van der Waals surface area contributed by atoms with Crippen LogP contribution in [0.1, 0.15) is 48.2 Å². The Morgan fingerprint density at radius 1 is 1.32 bits per heavy atom. The zero-order chi connectivity index (χ0) is 19.3. The molecule has 0 atom stereocenters. The molecule has 1 aliphatic heterocycles. The standard InChI is InChI=1S/C20H23N5O2S/c26-18-10-23-19-17(25(18)11-16-12-28-13-24-16)8-15(9-22-19)20(27)21-7-6-14-4-2-1-3-5-14/h4,8-9,12-13H,1-3,5-7,10-11H2,(H,21,27)(H,22,23). The number of allylic oxidation sites excluding steroid dienone is 1. The third kappa shape index (κ3) is 4.22. The summed E-state index contributed by atoms with van der Waals surface area (Å²) in [6.07, 6.45) is 9.52. The van der Waals surface area contributed by atoms with Crippen LogP contribution in [-0.4, -0.2) is 34.9 Å². The smallest absolute Gasteiger partial charge is 0.252 e. The Bertz CT molecular complexity index is 894. The lowest BCUT2D eigenvalue weighted by molar-refractivity contribution is -0.117. The van der Waals surface area contributed by atoms with Crippen LogP contribution in [0.4, 0.5) is 11.5 Å². The van der Waals surface area contributed by atoms with Gasteiger partial charge in [0.1, 0.15) is 0 Å². The summed E-state index contributed by atoms with van der Waals surface area (Å²) in [6, 6.07) is 1.73. The number of nitrogens with zero attached hydrogens (tertiary/aromatic N) is 3. The van der Waals surface area contributed by atoms with Crippen LogP contribution in [0.25, 0.3) is 0 Å². The highest BCUT2D eigenvalue weighted by Gasteiger charge is 2.26. The molecule has 2 aromatic heterocycles. The maximum absolute atomic E-state index is 12.6. The van der Waals surface area contributed by atoms with E-state index in [1.54, 1.807) is 22.7 Å². The molecule has 0 unspecified atom stereocenters. The fraction of sp³-hybridized carbons (Fsp3) is 0.400. The van der Waals surface area contributed by atoms with Crippen LogP contribution < -0.4 is 15.5 Å². The van der Waals surface area contributed by atoms with Crippen LogP contribution in [0.2, 0.25) is 0 Å². The molecule has 2 aliphatic rings. The molecule has 2 aromatic rings. The van der Waals surface area contributed by atoms with Gasteiger partial charge in [0.15, 0.2) is 5.82 Å². The van der Waals surface area contributed by atoms with Crippen LogP contribution in [0.3, 0.4) is 0 Å². The molecule has 2 amide bonds. The number of nitrogens with one attached hydrogen (secondary N) is 2. The van der Waals surface area contributed by atoms with Crippen molar-refractivity contribution in [3.05, 3.63) is 46.1 Å². The summed E-state index contributed by atoms with van der Waals surface area (Å²) in [4.78, 5) is 35.2. The van der Waals surface area contributed by atoms with Gasteiger partial charge in [-0.15, -0.1) is 11.3 Å². The minimum atomic E-state index is -0.168. The SMILES string of the molecule is O=C(NCCC1=CCCCC1)c1cnc2c(c1)N(Cc1cscn1)C(=O)CN2. The van der Waals surface area contributed by atoms with E-state index in [0.29, 0.717) is 30.2 Å². The molecule has 0 saturated carbocycles. The minimum Gasteiger partial charge on any atom is -0.359 e. The molecule has 0 saturated heterocycles. The minimum absolute atomic E-state index is 0.0657. The molecule has 7 nitrogen and oxygen atoms in total. The number of rotatable bonds is 6. The third-order valence-corrected chi connectivity index (χ3v) is 5.68. The maximum atomic E-state index is 12.6. The number of carbonyl (C=O) groups is 2. The predicted octanol–water partition coefficient (Wildman–Crippen LogP) is 3.12.